The van der Waals surface area contributed by atoms with Crippen LogP contribution in [0.25, 0.3) is 10.9 Å². The van der Waals surface area contributed by atoms with E-state index in [2.05, 4.69) is 26.2 Å². The zero-order valence-corrected chi connectivity index (χ0v) is 20.3. The molecule has 1 fully saturated rings. The van der Waals surface area contributed by atoms with Gasteiger partial charge < -0.3 is 29.3 Å². The van der Waals surface area contributed by atoms with E-state index in [1.807, 2.05) is 0 Å². The summed E-state index contributed by atoms with van der Waals surface area (Å²) in [6.45, 7) is 1.56. The lowest BCUT2D eigenvalue weighted by Gasteiger charge is -2.09. The molecule has 2 aromatic heterocycles. The summed E-state index contributed by atoms with van der Waals surface area (Å²) in [6.07, 6.45) is 0.753. The Morgan fingerprint density at radius 3 is 2.71 bits per heavy atom. The molecule has 0 bridgehead atoms. The molecule has 3 heterocycles. The Morgan fingerprint density at radius 1 is 1.26 bits per heavy atom. The third kappa shape index (κ3) is 5.53. The summed E-state index contributed by atoms with van der Waals surface area (Å²) in [5.74, 6) is -0.318. The van der Waals surface area contributed by atoms with Gasteiger partial charge in [-0.05, 0) is 53.2 Å². The molecule has 3 N–H and O–H groups in total. The highest BCUT2D eigenvalue weighted by Crippen LogP contribution is 2.35. The first-order valence-electron chi connectivity index (χ1n) is 10.1. The van der Waals surface area contributed by atoms with Crippen LogP contribution in [0.3, 0.4) is 0 Å². The van der Waals surface area contributed by atoms with Gasteiger partial charge in [0.05, 0.1) is 6.54 Å². The lowest BCUT2D eigenvalue weighted by atomic mass is 10.1. The molecule has 1 unspecified atom stereocenters. The average molecular weight is 551 g/mol. The number of halogens is 1. The highest BCUT2D eigenvalue weighted by atomic mass is 79.9. The van der Waals surface area contributed by atoms with E-state index in [0.29, 0.717) is 26.9 Å². The van der Waals surface area contributed by atoms with Gasteiger partial charge in [-0.15, -0.1) is 0 Å². The number of ether oxygens (including phenoxy) is 1. The van der Waals surface area contributed by atoms with E-state index in [4.69, 9.17) is 14.5 Å². The van der Waals surface area contributed by atoms with Gasteiger partial charge in [-0.1, -0.05) is 6.07 Å². The number of nitrogens with zero attached hydrogens (tertiary/aromatic N) is 3. The van der Waals surface area contributed by atoms with Gasteiger partial charge in [-0.3, -0.25) is 18.9 Å². The second kappa shape index (κ2) is 9.30. The van der Waals surface area contributed by atoms with Crippen LogP contribution in [0.15, 0.2) is 47.2 Å². The van der Waals surface area contributed by atoms with Crippen molar-refractivity contribution in [3.63, 3.8) is 0 Å². The summed E-state index contributed by atoms with van der Waals surface area (Å²) in [7, 11) is -4.36. The minimum Gasteiger partial charge on any atom is -0.481 e. The molecule has 13 heteroatoms. The van der Waals surface area contributed by atoms with E-state index in [0.717, 1.165) is 0 Å². The van der Waals surface area contributed by atoms with Crippen LogP contribution in [0.5, 0.6) is 5.75 Å². The lowest BCUT2D eigenvalue weighted by molar-refractivity contribution is -0.129. The Kier molecular flexibility index (Phi) is 6.59. The molecule has 1 aliphatic heterocycles. The van der Waals surface area contributed by atoms with E-state index in [9.17, 15) is 18.9 Å². The lowest BCUT2D eigenvalue weighted by Crippen LogP contribution is -2.26. The average Bonchev–Trinajstić information content (AvgIpc) is 3.48. The van der Waals surface area contributed by atoms with Crippen LogP contribution in [0, 0.1) is 0 Å². The number of Topliss-reactive ketones (excluding diaryl/α,β-unsaturated/α-hetero) is 1. The first kappa shape index (κ1) is 24.1. The van der Waals surface area contributed by atoms with Gasteiger partial charge in [0.15, 0.2) is 12.1 Å². The molecule has 0 saturated carbocycles. The number of carbonyl (C=O) groups is 3. The molecule has 11 nitrogen and oxygen atoms in total. The summed E-state index contributed by atoms with van der Waals surface area (Å²) in [5, 5.41) is 3.17. The number of rotatable bonds is 8. The summed E-state index contributed by atoms with van der Waals surface area (Å²) in [6, 6.07) is 9.11. The van der Waals surface area contributed by atoms with Crippen molar-refractivity contribution < 1.29 is 33.5 Å². The number of hydrogen-bond acceptors (Lipinski definition) is 6. The normalized spacial score (nSPS) is 15.3. The number of aromatic nitrogens is 2. The topological polar surface area (TPSA) is 151 Å². The van der Waals surface area contributed by atoms with E-state index in [1.54, 1.807) is 35.0 Å². The predicted octanol–water partition coefficient (Wildman–Crippen LogP) is 2.36. The van der Waals surface area contributed by atoms with Gasteiger partial charge in [0.2, 0.25) is 11.8 Å². The molecular formula is C21H20BrN4O7P. The fourth-order valence-corrected chi connectivity index (χ4v) is 4.16. The van der Waals surface area contributed by atoms with E-state index in [1.165, 1.54) is 24.0 Å². The Morgan fingerprint density at radius 2 is 2.03 bits per heavy atom. The predicted molar refractivity (Wildman–Crippen MR) is 126 cm³/mol. The fourth-order valence-electron chi connectivity index (χ4n) is 3.50. The van der Waals surface area contributed by atoms with Crippen LogP contribution >= 0.6 is 23.5 Å². The first-order valence-corrected chi connectivity index (χ1v) is 12.6. The van der Waals surface area contributed by atoms with Crippen molar-refractivity contribution in [2.45, 2.75) is 19.5 Å². The van der Waals surface area contributed by atoms with Crippen LogP contribution in [0.1, 0.15) is 17.3 Å². The van der Waals surface area contributed by atoms with E-state index < -0.39 is 20.0 Å². The number of hydrogen-bond donors (Lipinski definition) is 3. The van der Waals surface area contributed by atoms with Gasteiger partial charge in [-0.25, -0.2) is 4.98 Å². The molecule has 1 saturated heterocycles. The summed E-state index contributed by atoms with van der Waals surface area (Å²) < 4.78 is 18.4. The number of carbonyl (C=O) groups excluding carboxylic acids is 3. The summed E-state index contributed by atoms with van der Waals surface area (Å²) in [4.78, 5) is 61.0. The molecule has 4 rings (SSSR count). The maximum absolute atomic E-state index is 12.8. The zero-order valence-electron chi connectivity index (χ0n) is 17.8. The number of nitrogens with one attached hydrogen (secondary N) is 1. The second-order valence-corrected chi connectivity index (χ2v) is 10.1. The van der Waals surface area contributed by atoms with E-state index >= 15 is 0 Å². The molecule has 1 atom stereocenters. The van der Waals surface area contributed by atoms with Crippen molar-refractivity contribution in [2.24, 2.45) is 0 Å². The van der Waals surface area contributed by atoms with Gasteiger partial charge in [-0.2, -0.15) is 0 Å². The Balaban J connectivity index is 1.47. The summed E-state index contributed by atoms with van der Waals surface area (Å²) >= 11 is 3.23. The molecule has 0 radical (unpaired) electrons. The Labute approximate surface area is 202 Å². The monoisotopic (exact) mass is 550 g/mol. The fraction of sp³-hybridized carbons (Fsp3) is 0.238. The SMILES string of the molecule is CC(=O)c1cn(CC(=O)N2CC2C(=O)Nc2cccc(Br)n2)c2ccc(OCP(=O)(O)O)cc12. The van der Waals surface area contributed by atoms with Crippen LogP contribution < -0.4 is 10.1 Å². The van der Waals surface area contributed by atoms with Gasteiger partial charge in [0, 0.05) is 22.7 Å². The van der Waals surface area contributed by atoms with Crippen LogP contribution in [-0.2, 0) is 20.7 Å². The van der Waals surface area contributed by atoms with Crippen molar-refractivity contribution >= 4 is 57.8 Å². The molecule has 178 valence electrons. The minimum absolute atomic E-state index is 0.0919. The molecule has 3 aromatic rings. The second-order valence-electron chi connectivity index (χ2n) is 7.74. The zero-order chi connectivity index (χ0) is 24.6. The van der Waals surface area contributed by atoms with Crippen molar-refractivity contribution in [2.75, 3.05) is 18.2 Å². The van der Waals surface area contributed by atoms with Crippen LogP contribution in [-0.4, -0.2) is 60.8 Å². The third-order valence-corrected chi connectivity index (χ3v) is 6.05. The number of ketones is 1. The molecule has 1 aromatic carbocycles. The minimum atomic E-state index is -4.36. The smallest absolute Gasteiger partial charge is 0.362 e. The number of benzene rings is 1. The maximum atomic E-state index is 12.8. The number of anilines is 1. The van der Waals surface area contributed by atoms with Crippen LogP contribution in [0.2, 0.25) is 0 Å². The van der Waals surface area contributed by atoms with Crippen molar-refractivity contribution in [1.29, 1.82) is 0 Å². The number of pyridine rings is 1. The quantitative estimate of drug-likeness (QED) is 0.167. The van der Waals surface area contributed by atoms with Gasteiger partial charge in [0.25, 0.3) is 0 Å². The van der Waals surface area contributed by atoms with Crippen molar-refractivity contribution in [3.8, 4) is 5.75 Å². The third-order valence-electron chi connectivity index (χ3n) is 5.14. The molecule has 0 spiro atoms. The highest BCUT2D eigenvalue weighted by molar-refractivity contribution is 9.10. The van der Waals surface area contributed by atoms with Crippen molar-refractivity contribution in [1.82, 2.24) is 14.5 Å². The standard InChI is InChI=1S/C21H20BrN4O7P/c1-12(27)15-8-25(16-6-5-13(7-14(15)16)33-11-34(30,31)32)10-20(28)26-9-17(26)21(29)24-19-4-2-3-18(22)23-19/h2-8,17H,9-11H2,1H3,(H,23,24,29)(H2,30,31,32). The van der Waals surface area contributed by atoms with Gasteiger partial charge in [0.1, 0.15) is 28.8 Å². The maximum Gasteiger partial charge on any atom is 0.362 e. The number of amides is 2. The Hall–Kier alpha value is -3.05. The highest BCUT2D eigenvalue weighted by Gasteiger charge is 2.44. The van der Waals surface area contributed by atoms with Crippen molar-refractivity contribution in [3.05, 3.63) is 52.8 Å². The van der Waals surface area contributed by atoms with Gasteiger partial charge >= 0.3 is 7.60 Å². The molecule has 34 heavy (non-hydrogen) atoms. The Bertz CT molecular complexity index is 1350. The van der Waals surface area contributed by atoms with E-state index in [-0.39, 0.29) is 36.4 Å². The molecule has 0 aliphatic carbocycles. The van der Waals surface area contributed by atoms with Crippen LogP contribution in [0.4, 0.5) is 5.82 Å². The summed E-state index contributed by atoms with van der Waals surface area (Å²) in [5.41, 5.74) is 0.911. The molecule has 2 amide bonds. The molecule has 1 aliphatic rings. The largest absolute Gasteiger partial charge is 0.481 e. The molecular weight excluding hydrogens is 531 g/mol. The number of fused-ring (bicyclic) bond motifs is 1. The first-order chi connectivity index (χ1) is 16.0.